The second-order valence-corrected chi connectivity index (χ2v) is 9.75. The number of carbonyl (C=O) groups excluding carboxylic acids is 3. The Morgan fingerprint density at radius 2 is 1.66 bits per heavy atom. The van der Waals surface area contributed by atoms with Crippen LogP contribution in [0.25, 0.3) is 6.08 Å². The van der Waals surface area contributed by atoms with Crippen molar-refractivity contribution < 1.29 is 33.7 Å². The lowest BCUT2D eigenvalue weighted by atomic mass is 10.1. The largest absolute Gasteiger partial charge is 0.493 e. The van der Waals surface area contributed by atoms with Crippen molar-refractivity contribution in [3.05, 3.63) is 96.4 Å². The molecule has 41 heavy (non-hydrogen) atoms. The first-order valence-electron chi connectivity index (χ1n) is 11.9. The van der Waals surface area contributed by atoms with E-state index in [4.69, 9.17) is 9.47 Å². The van der Waals surface area contributed by atoms with Crippen LogP contribution in [0.2, 0.25) is 0 Å². The number of nitro benzene ring substituents is 2. The normalized spacial score (nSPS) is 13.8. The number of amides is 3. The molecule has 1 aliphatic heterocycles. The summed E-state index contributed by atoms with van der Waals surface area (Å²) in [7, 11) is 1.33. The Bertz CT molecular complexity index is 1620. The van der Waals surface area contributed by atoms with E-state index in [1.54, 1.807) is 0 Å². The van der Waals surface area contributed by atoms with Crippen molar-refractivity contribution in [3.8, 4) is 17.2 Å². The number of nitro groups is 2. The second-order valence-electron chi connectivity index (χ2n) is 8.76. The Morgan fingerprint density at radius 1 is 0.976 bits per heavy atom. The third-order valence-electron chi connectivity index (χ3n) is 5.98. The van der Waals surface area contributed by atoms with Gasteiger partial charge in [0.25, 0.3) is 16.8 Å². The van der Waals surface area contributed by atoms with Gasteiger partial charge in [-0.25, -0.2) is 0 Å². The van der Waals surface area contributed by atoms with Crippen molar-refractivity contribution >= 4 is 52.0 Å². The third-order valence-corrected chi connectivity index (χ3v) is 6.88. The van der Waals surface area contributed by atoms with Crippen LogP contribution >= 0.6 is 11.8 Å². The molecule has 0 spiro atoms. The van der Waals surface area contributed by atoms with E-state index in [9.17, 15) is 34.6 Å². The van der Waals surface area contributed by atoms with Crippen LogP contribution in [0.1, 0.15) is 16.7 Å². The van der Waals surface area contributed by atoms with E-state index in [0.717, 1.165) is 34.2 Å². The van der Waals surface area contributed by atoms with Crippen LogP contribution in [0.4, 0.5) is 21.9 Å². The Labute approximate surface area is 237 Å². The molecule has 0 aromatic heterocycles. The van der Waals surface area contributed by atoms with E-state index in [0.29, 0.717) is 23.0 Å². The molecule has 0 saturated carbocycles. The molecule has 0 bridgehead atoms. The standard InChI is InChI=1S/C27H22N4O9S/c1-15-5-4-6-16(2)25(15)28-24(32)14-29-26(33)23(41-27(29)34)12-17-7-9-21(22(11-17)39-3)40-20-10-8-18(30(35)36)13-19(20)31(37)38/h4-13H,14H2,1-3H3,(H,28,32)/b23-12+. The number of ether oxygens (including phenoxy) is 2. The minimum absolute atomic E-state index is 0.0675. The molecule has 3 aromatic rings. The molecule has 4 rings (SSSR count). The number of thioether (sulfide) groups is 1. The predicted octanol–water partition coefficient (Wildman–Crippen LogP) is 5.60. The van der Waals surface area contributed by atoms with Crippen molar-refractivity contribution in [2.24, 2.45) is 0 Å². The predicted molar refractivity (Wildman–Crippen MR) is 150 cm³/mol. The van der Waals surface area contributed by atoms with Gasteiger partial charge in [-0.2, -0.15) is 0 Å². The molecular formula is C27H22N4O9S. The van der Waals surface area contributed by atoms with Gasteiger partial charge >= 0.3 is 5.69 Å². The van der Waals surface area contributed by atoms with E-state index in [-0.39, 0.29) is 22.2 Å². The van der Waals surface area contributed by atoms with Gasteiger partial charge in [-0.15, -0.1) is 0 Å². The first-order chi connectivity index (χ1) is 19.5. The number of para-hydroxylation sites is 1. The number of hydrogen-bond donors (Lipinski definition) is 1. The van der Waals surface area contributed by atoms with E-state index < -0.39 is 44.8 Å². The van der Waals surface area contributed by atoms with Crippen LogP contribution in [0.5, 0.6) is 17.2 Å². The maximum Gasteiger partial charge on any atom is 0.318 e. The second kappa shape index (κ2) is 11.9. The number of anilines is 1. The summed E-state index contributed by atoms with van der Waals surface area (Å²) in [5.74, 6) is -1.20. The quantitative estimate of drug-likeness (QED) is 0.191. The zero-order valence-electron chi connectivity index (χ0n) is 21.9. The minimum atomic E-state index is -0.804. The molecular weight excluding hydrogens is 556 g/mol. The van der Waals surface area contributed by atoms with Crippen LogP contribution in [0.3, 0.4) is 0 Å². The monoisotopic (exact) mass is 578 g/mol. The highest BCUT2D eigenvalue weighted by Gasteiger charge is 2.36. The lowest BCUT2D eigenvalue weighted by molar-refractivity contribution is -0.394. The first kappa shape index (κ1) is 28.8. The number of hydrogen-bond acceptors (Lipinski definition) is 10. The maximum atomic E-state index is 12.9. The Kier molecular flexibility index (Phi) is 8.33. The number of carbonyl (C=O) groups is 3. The number of nitrogens with zero attached hydrogens (tertiary/aromatic N) is 3. The molecule has 1 aliphatic rings. The summed E-state index contributed by atoms with van der Waals surface area (Å²) < 4.78 is 11.0. The summed E-state index contributed by atoms with van der Waals surface area (Å²) in [6.45, 7) is 3.21. The molecule has 1 saturated heterocycles. The third kappa shape index (κ3) is 6.33. The molecule has 210 valence electrons. The molecule has 1 N–H and O–H groups in total. The number of imide groups is 1. The summed E-state index contributed by atoms with van der Waals surface area (Å²) in [5.41, 5.74) is 1.67. The van der Waals surface area contributed by atoms with Gasteiger partial charge in [-0.05, 0) is 66.6 Å². The zero-order valence-corrected chi connectivity index (χ0v) is 22.7. The van der Waals surface area contributed by atoms with Crippen LogP contribution < -0.4 is 14.8 Å². The van der Waals surface area contributed by atoms with Gasteiger partial charge in [0.05, 0.1) is 27.9 Å². The van der Waals surface area contributed by atoms with Crippen molar-refractivity contribution in [1.82, 2.24) is 4.90 Å². The lowest BCUT2D eigenvalue weighted by Gasteiger charge is -2.15. The number of nitrogens with one attached hydrogen (secondary N) is 1. The number of non-ortho nitro benzene ring substituents is 1. The zero-order chi connectivity index (χ0) is 29.8. The van der Waals surface area contributed by atoms with E-state index >= 15 is 0 Å². The average Bonchev–Trinajstić information content (AvgIpc) is 3.18. The number of methoxy groups -OCH3 is 1. The maximum absolute atomic E-state index is 12.9. The Balaban J connectivity index is 1.52. The highest BCUT2D eigenvalue weighted by Crippen LogP contribution is 2.39. The van der Waals surface area contributed by atoms with Gasteiger partial charge in [-0.1, -0.05) is 24.3 Å². The topological polar surface area (TPSA) is 171 Å². The summed E-state index contributed by atoms with van der Waals surface area (Å²) in [4.78, 5) is 59.9. The number of benzene rings is 3. The van der Waals surface area contributed by atoms with Gasteiger partial charge in [0.1, 0.15) is 6.54 Å². The average molecular weight is 579 g/mol. The van der Waals surface area contributed by atoms with Crippen molar-refractivity contribution in [3.63, 3.8) is 0 Å². The highest BCUT2D eigenvalue weighted by molar-refractivity contribution is 8.18. The van der Waals surface area contributed by atoms with Gasteiger partial charge < -0.3 is 14.8 Å². The fraction of sp³-hybridized carbons (Fsp3) is 0.148. The summed E-state index contributed by atoms with van der Waals surface area (Å²) in [5, 5.41) is 24.6. The van der Waals surface area contributed by atoms with Gasteiger partial charge in [-0.3, -0.25) is 39.5 Å². The van der Waals surface area contributed by atoms with Crippen LogP contribution in [0.15, 0.2) is 59.5 Å². The Morgan fingerprint density at radius 3 is 2.29 bits per heavy atom. The van der Waals surface area contributed by atoms with E-state index in [1.165, 1.54) is 31.4 Å². The summed E-state index contributed by atoms with van der Waals surface area (Å²) in [6.07, 6.45) is 1.44. The number of aryl methyl sites for hydroxylation is 2. The molecule has 0 radical (unpaired) electrons. The van der Waals surface area contributed by atoms with Crippen LogP contribution in [-0.4, -0.2) is 45.5 Å². The van der Waals surface area contributed by atoms with Crippen LogP contribution in [-0.2, 0) is 9.59 Å². The summed E-state index contributed by atoms with van der Waals surface area (Å²) in [6, 6.07) is 12.9. The fourth-order valence-corrected chi connectivity index (χ4v) is 4.79. The van der Waals surface area contributed by atoms with Gasteiger partial charge in [0.2, 0.25) is 11.7 Å². The molecule has 0 atom stereocenters. The molecule has 0 aliphatic carbocycles. The minimum Gasteiger partial charge on any atom is -0.493 e. The molecule has 3 amide bonds. The smallest absolute Gasteiger partial charge is 0.318 e. The first-order valence-corrected chi connectivity index (χ1v) is 12.7. The highest BCUT2D eigenvalue weighted by atomic mass is 32.2. The van der Waals surface area contributed by atoms with E-state index in [1.807, 2.05) is 32.0 Å². The molecule has 1 heterocycles. The van der Waals surface area contributed by atoms with Crippen molar-refractivity contribution in [2.45, 2.75) is 13.8 Å². The number of rotatable bonds is 9. The summed E-state index contributed by atoms with van der Waals surface area (Å²) >= 11 is 0.677. The van der Waals surface area contributed by atoms with Gasteiger partial charge in [0, 0.05) is 11.8 Å². The Hall–Kier alpha value is -5.24. The molecule has 13 nitrogen and oxygen atoms in total. The van der Waals surface area contributed by atoms with Crippen molar-refractivity contribution in [1.29, 1.82) is 0 Å². The molecule has 14 heteroatoms. The van der Waals surface area contributed by atoms with Gasteiger partial charge in [0.15, 0.2) is 11.5 Å². The molecule has 0 unspecified atom stereocenters. The fourth-order valence-electron chi connectivity index (χ4n) is 3.95. The van der Waals surface area contributed by atoms with Crippen molar-refractivity contribution in [2.75, 3.05) is 19.0 Å². The SMILES string of the molecule is COc1cc(/C=C2/SC(=O)N(CC(=O)Nc3c(C)cccc3C)C2=O)ccc1Oc1ccc([N+](=O)[O-])cc1[N+](=O)[O-]. The lowest BCUT2D eigenvalue weighted by Crippen LogP contribution is -2.36. The van der Waals surface area contributed by atoms with E-state index in [2.05, 4.69) is 5.32 Å². The molecule has 1 fully saturated rings. The van der Waals surface area contributed by atoms with Crippen LogP contribution in [0, 0.1) is 34.1 Å². The molecule has 3 aromatic carbocycles.